The molecule has 0 unspecified atom stereocenters. The first-order valence-corrected chi connectivity index (χ1v) is 7.83. The smallest absolute Gasteiger partial charge is 0.314 e. The van der Waals surface area contributed by atoms with Gasteiger partial charge < -0.3 is 9.84 Å². The first-order chi connectivity index (χ1) is 9.41. The molecule has 3 heteroatoms. The molecule has 0 spiro atoms. The highest BCUT2D eigenvalue weighted by Crippen LogP contribution is 2.62. The molecule has 2 aliphatic carbocycles. The zero-order valence-corrected chi connectivity index (χ0v) is 13.0. The highest BCUT2D eigenvalue weighted by Gasteiger charge is 2.66. The number of ether oxygens (including phenoxy) is 1. The Balaban J connectivity index is 2.33. The van der Waals surface area contributed by atoms with Gasteiger partial charge in [0.25, 0.3) is 0 Å². The highest BCUT2D eigenvalue weighted by molar-refractivity contribution is 5.79. The number of carbonyl (C=O) groups is 1. The second-order valence-electron chi connectivity index (χ2n) is 7.00. The van der Waals surface area contributed by atoms with Crippen LogP contribution in [0.1, 0.15) is 52.4 Å². The molecule has 0 aromatic rings. The molecular weight excluding hydrogens is 252 g/mol. The lowest BCUT2D eigenvalue weighted by molar-refractivity contribution is -0.172. The number of hydrogen-bond donors (Lipinski definition) is 1. The molecule has 2 aliphatic rings. The second-order valence-corrected chi connectivity index (χ2v) is 7.00. The Labute approximate surface area is 122 Å². The molecule has 0 aromatic carbocycles. The van der Waals surface area contributed by atoms with Crippen LogP contribution in [0.5, 0.6) is 0 Å². The van der Waals surface area contributed by atoms with Gasteiger partial charge in [-0.3, -0.25) is 4.79 Å². The minimum Gasteiger partial charge on any atom is -0.469 e. The van der Waals surface area contributed by atoms with E-state index in [1.165, 1.54) is 7.11 Å². The third-order valence-electron chi connectivity index (χ3n) is 5.88. The molecule has 0 heterocycles. The van der Waals surface area contributed by atoms with Crippen LogP contribution >= 0.6 is 0 Å². The standard InChI is InChI=1S/C17H28O3/c1-5-6-8-16(15(18)20-4)9-7-14-10-13(12(2)3)11-17(14,16)19/h5,12-14,19H,1,6-11H2,2-4H3/t13-,14+,16+,17+/m0/s1. The predicted molar refractivity (Wildman–Crippen MR) is 79.1 cm³/mol. The van der Waals surface area contributed by atoms with Crippen LogP contribution in [0.4, 0.5) is 0 Å². The van der Waals surface area contributed by atoms with Crippen molar-refractivity contribution in [1.82, 2.24) is 0 Å². The quantitative estimate of drug-likeness (QED) is 0.621. The third kappa shape index (κ3) is 2.11. The summed E-state index contributed by atoms with van der Waals surface area (Å²) >= 11 is 0. The van der Waals surface area contributed by atoms with E-state index in [-0.39, 0.29) is 11.9 Å². The number of allylic oxidation sites excluding steroid dienone is 1. The van der Waals surface area contributed by atoms with E-state index in [9.17, 15) is 9.90 Å². The summed E-state index contributed by atoms with van der Waals surface area (Å²) in [7, 11) is 1.43. The average Bonchev–Trinajstić information content (AvgIpc) is 2.89. The van der Waals surface area contributed by atoms with Gasteiger partial charge >= 0.3 is 5.97 Å². The second kappa shape index (κ2) is 5.51. The van der Waals surface area contributed by atoms with Crippen molar-refractivity contribution in [1.29, 1.82) is 0 Å². The lowest BCUT2D eigenvalue weighted by atomic mass is 9.68. The van der Waals surface area contributed by atoms with Crippen LogP contribution in [-0.4, -0.2) is 23.8 Å². The molecule has 0 amide bonds. The third-order valence-corrected chi connectivity index (χ3v) is 5.88. The minimum absolute atomic E-state index is 0.228. The molecule has 3 nitrogen and oxygen atoms in total. The van der Waals surface area contributed by atoms with Gasteiger partial charge in [-0.2, -0.15) is 0 Å². The van der Waals surface area contributed by atoms with Crippen molar-refractivity contribution in [2.24, 2.45) is 23.2 Å². The number of hydrogen-bond acceptors (Lipinski definition) is 3. The van der Waals surface area contributed by atoms with E-state index >= 15 is 0 Å². The summed E-state index contributed by atoms with van der Waals surface area (Å²) in [5.74, 6) is 1.09. The van der Waals surface area contributed by atoms with Crippen LogP contribution in [0.3, 0.4) is 0 Å². The molecule has 0 aromatic heterocycles. The molecular formula is C17H28O3. The Morgan fingerprint density at radius 1 is 1.55 bits per heavy atom. The first kappa shape index (κ1) is 15.6. The van der Waals surface area contributed by atoms with Crippen molar-refractivity contribution < 1.29 is 14.6 Å². The van der Waals surface area contributed by atoms with E-state index in [0.717, 1.165) is 32.1 Å². The topological polar surface area (TPSA) is 46.5 Å². The van der Waals surface area contributed by atoms with Crippen LogP contribution in [0.15, 0.2) is 12.7 Å². The van der Waals surface area contributed by atoms with Crippen molar-refractivity contribution in [3.05, 3.63) is 12.7 Å². The van der Waals surface area contributed by atoms with Crippen LogP contribution in [0.2, 0.25) is 0 Å². The molecule has 20 heavy (non-hydrogen) atoms. The van der Waals surface area contributed by atoms with Crippen molar-refractivity contribution in [3.8, 4) is 0 Å². The van der Waals surface area contributed by atoms with Crippen molar-refractivity contribution in [3.63, 3.8) is 0 Å². The molecule has 2 saturated carbocycles. The van der Waals surface area contributed by atoms with Gasteiger partial charge in [-0.15, -0.1) is 6.58 Å². The molecule has 0 radical (unpaired) electrons. The number of carbonyl (C=O) groups excluding carboxylic acids is 1. The summed E-state index contributed by atoms with van der Waals surface area (Å²) in [6.07, 6.45) is 6.70. The molecule has 0 saturated heterocycles. The summed E-state index contributed by atoms with van der Waals surface area (Å²) in [5, 5.41) is 11.4. The van der Waals surface area contributed by atoms with Gasteiger partial charge in [0, 0.05) is 0 Å². The average molecular weight is 280 g/mol. The maximum atomic E-state index is 12.4. The molecule has 114 valence electrons. The number of methoxy groups -OCH3 is 1. The Morgan fingerprint density at radius 2 is 2.25 bits per heavy atom. The molecule has 1 N–H and O–H groups in total. The van der Waals surface area contributed by atoms with Crippen molar-refractivity contribution in [2.45, 2.75) is 58.0 Å². The predicted octanol–water partition coefficient (Wildman–Crippen LogP) is 3.32. The number of esters is 1. The number of rotatable bonds is 5. The molecule has 0 aliphatic heterocycles. The monoisotopic (exact) mass is 280 g/mol. The Bertz CT molecular complexity index is 390. The fourth-order valence-electron chi connectivity index (χ4n) is 4.56. The van der Waals surface area contributed by atoms with Gasteiger partial charge in [-0.1, -0.05) is 19.9 Å². The molecule has 0 bridgehead atoms. The molecule has 2 rings (SSSR count). The normalized spacial score (nSPS) is 39.9. The van der Waals surface area contributed by atoms with Gasteiger partial charge in [0.15, 0.2) is 0 Å². The van der Waals surface area contributed by atoms with Gasteiger partial charge in [0.2, 0.25) is 0 Å². The Morgan fingerprint density at radius 3 is 2.80 bits per heavy atom. The SMILES string of the molecule is C=CCC[C@]1(C(=O)OC)CC[C@@H]2C[C@H](C(C)C)C[C@@]21O. The van der Waals surface area contributed by atoms with Gasteiger partial charge in [0.1, 0.15) is 0 Å². The molecule has 4 atom stereocenters. The summed E-state index contributed by atoms with van der Waals surface area (Å²) < 4.78 is 5.07. The zero-order valence-electron chi connectivity index (χ0n) is 13.0. The number of fused-ring (bicyclic) bond motifs is 1. The highest BCUT2D eigenvalue weighted by atomic mass is 16.5. The van der Waals surface area contributed by atoms with Gasteiger partial charge in [-0.25, -0.2) is 0 Å². The lowest BCUT2D eigenvalue weighted by Crippen LogP contribution is -2.51. The van der Waals surface area contributed by atoms with E-state index < -0.39 is 11.0 Å². The summed E-state index contributed by atoms with van der Waals surface area (Å²) in [5.41, 5.74) is -1.59. The van der Waals surface area contributed by atoms with Crippen molar-refractivity contribution in [2.75, 3.05) is 7.11 Å². The van der Waals surface area contributed by atoms with E-state index in [1.807, 2.05) is 6.08 Å². The Hall–Kier alpha value is -0.830. The van der Waals surface area contributed by atoms with Crippen LogP contribution in [0, 0.1) is 23.2 Å². The summed E-state index contributed by atoms with van der Waals surface area (Å²) in [6.45, 7) is 8.17. The molecule has 2 fully saturated rings. The van der Waals surface area contributed by atoms with Crippen LogP contribution in [-0.2, 0) is 9.53 Å². The summed E-state index contributed by atoms with van der Waals surface area (Å²) in [6, 6.07) is 0. The Kier molecular flexibility index (Phi) is 4.29. The van der Waals surface area contributed by atoms with Crippen molar-refractivity contribution >= 4 is 5.97 Å². The van der Waals surface area contributed by atoms with E-state index in [1.54, 1.807) is 0 Å². The van der Waals surface area contributed by atoms with E-state index in [0.29, 0.717) is 18.3 Å². The fourth-order valence-corrected chi connectivity index (χ4v) is 4.56. The van der Waals surface area contributed by atoms with Gasteiger partial charge in [0.05, 0.1) is 18.1 Å². The maximum Gasteiger partial charge on any atom is 0.314 e. The largest absolute Gasteiger partial charge is 0.469 e. The zero-order chi connectivity index (χ0) is 15.0. The van der Waals surface area contributed by atoms with E-state index in [2.05, 4.69) is 20.4 Å². The maximum absolute atomic E-state index is 12.4. The fraction of sp³-hybridized carbons (Fsp3) is 0.824. The van der Waals surface area contributed by atoms with E-state index in [4.69, 9.17) is 4.74 Å². The van der Waals surface area contributed by atoms with Crippen LogP contribution < -0.4 is 0 Å². The van der Waals surface area contributed by atoms with Gasteiger partial charge in [-0.05, 0) is 56.3 Å². The number of aliphatic hydroxyl groups is 1. The minimum atomic E-state index is -0.877. The summed E-state index contributed by atoms with van der Waals surface area (Å²) in [4.78, 5) is 12.4. The first-order valence-electron chi connectivity index (χ1n) is 7.83. The lowest BCUT2D eigenvalue weighted by Gasteiger charge is -2.40. The van der Waals surface area contributed by atoms with Crippen LogP contribution in [0.25, 0.3) is 0 Å².